The summed E-state index contributed by atoms with van der Waals surface area (Å²) in [6.07, 6.45) is 1.98. The molecule has 2 aliphatic heterocycles. The van der Waals surface area contributed by atoms with Crippen LogP contribution in [-0.2, 0) is 10.2 Å². The second-order valence-corrected chi connectivity index (χ2v) is 7.74. The Morgan fingerprint density at radius 1 is 1.26 bits per heavy atom. The van der Waals surface area contributed by atoms with Gasteiger partial charge in [0.1, 0.15) is 0 Å². The van der Waals surface area contributed by atoms with Gasteiger partial charge < -0.3 is 10.2 Å². The highest BCUT2D eigenvalue weighted by atomic mass is 32.2. The van der Waals surface area contributed by atoms with E-state index in [0.29, 0.717) is 25.6 Å². The van der Waals surface area contributed by atoms with Gasteiger partial charge in [0.25, 0.3) is 10.2 Å². The summed E-state index contributed by atoms with van der Waals surface area (Å²) in [5, 5.41) is 3.24. The van der Waals surface area contributed by atoms with E-state index in [-0.39, 0.29) is 0 Å². The Morgan fingerprint density at radius 3 is 2.74 bits per heavy atom. The quantitative estimate of drug-likeness (QED) is 0.752. The van der Waals surface area contributed by atoms with Crippen molar-refractivity contribution in [2.24, 2.45) is 5.92 Å². The van der Waals surface area contributed by atoms with Gasteiger partial charge in [-0.1, -0.05) is 0 Å². The average molecular weight is 290 g/mol. The Bertz CT molecular complexity index is 379. The number of nitrogens with zero attached hydrogens (tertiary/aromatic N) is 3. The van der Waals surface area contributed by atoms with Crippen LogP contribution in [0.4, 0.5) is 0 Å². The zero-order valence-corrected chi connectivity index (χ0v) is 12.8. The van der Waals surface area contributed by atoms with E-state index in [9.17, 15) is 8.42 Å². The number of hydrogen-bond acceptors (Lipinski definition) is 4. The summed E-state index contributed by atoms with van der Waals surface area (Å²) in [4.78, 5) is 2.26. The fraction of sp³-hybridized carbons (Fsp3) is 1.00. The van der Waals surface area contributed by atoms with E-state index < -0.39 is 10.2 Å². The van der Waals surface area contributed by atoms with Gasteiger partial charge >= 0.3 is 0 Å². The predicted molar refractivity (Wildman–Crippen MR) is 76.2 cm³/mol. The first-order chi connectivity index (χ1) is 9.00. The van der Waals surface area contributed by atoms with Crippen LogP contribution in [0, 0.1) is 5.92 Å². The highest BCUT2D eigenvalue weighted by Gasteiger charge is 2.30. The van der Waals surface area contributed by atoms with E-state index in [4.69, 9.17) is 0 Å². The Kier molecular flexibility index (Phi) is 5.19. The van der Waals surface area contributed by atoms with Crippen LogP contribution in [0.1, 0.15) is 12.8 Å². The molecule has 0 radical (unpaired) electrons. The highest BCUT2D eigenvalue weighted by molar-refractivity contribution is 7.86. The number of likely N-dealkylation sites (tertiary alicyclic amines) is 1. The lowest BCUT2D eigenvalue weighted by Gasteiger charge is -2.27. The fourth-order valence-corrected chi connectivity index (χ4v) is 4.36. The van der Waals surface area contributed by atoms with Crippen molar-refractivity contribution in [2.75, 3.05) is 59.9 Å². The Hall–Kier alpha value is -0.210. The van der Waals surface area contributed by atoms with Crippen molar-refractivity contribution < 1.29 is 8.42 Å². The minimum atomic E-state index is -3.28. The van der Waals surface area contributed by atoms with Crippen LogP contribution in [-0.4, -0.2) is 81.8 Å². The third-order valence-corrected chi connectivity index (χ3v) is 5.98. The lowest BCUT2D eigenvalue weighted by molar-refractivity contribution is 0.328. The monoisotopic (exact) mass is 290 g/mol. The molecule has 0 bridgehead atoms. The summed E-state index contributed by atoms with van der Waals surface area (Å²) in [5.74, 6) is 0.467. The summed E-state index contributed by atoms with van der Waals surface area (Å²) in [7, 11) is 0.524. The van der Waals surface area contributed by atoms with E-state index in [1.165, 1.54) is 0 Å². The van der Waals surface area contributed by atoms with Crippen LogP contribution in [0.2, 0.25) is 0 Å². The summed E-state index contributed by atoms with van der Waals surface area (Å²) < 4.78 is 28.2. The van der Waals surface area contributed by atoms with E-state index in [1.54, 1.807) is 15.7 Å². The van der Waals surface area contributed by atoms with Gasteiger partial charge in [-0.15, -0.1) is 0 Å². The molecule has 0 aromatic rings. The van der Waals surface area contributed by atoms with Crippen molar-refractivity contribution in [1.82, 2.24) is 18.8 Å². The van der Waals surface area contributed by atoms with E-state index in [0.717, 1.165) is 39.0 Å². The smallest absolute Gasteiger partial charge is 0.281 e. The van der Waals surface area contributed by atoms with Gasteiger partial charge in [-0.3, -0.25) is 0 Å². The van der Waals surface area contributed by atoms with Crippen molar-refractivity contribution in [2.45, 2.75) is 12.8 Å². The summed E-state index contributed by atoms with van der Waals surface area (Å²) in [6, 6.07) is 0. The van der Waals surface area contributed by atoms with Crippen LogP contribution in [0.3, 0.4) is 0 Å². The minimum absolute atomic E-state index is 0.467. The second kappa shape index (κ2) is 6.49. The molecule has 0 aromatic carbocycles. The number of hydrogen-bond donors (Lipinski definition) is 1. The van der Waals surface area contributed by atoms with Crippen molar-refractivity contribution in [1.29, 1.82) is 0 Å². The first-order valence-corrected chi connectivity index (χ1v) is 8.50. The molecule has 0 aliphatic carbocycles. The fourth-order valence-electron chi connectivity index (χ4n) is 2.88. The topological polar surface area (TPSA) is 55.9 Å². The van der Waals surface area contributed by atoms with E-state index in [1.807, 2.05) is 0 Å². The molecule has 0 aromatic heterocycles. The van der Waals surface area contributed by atoms with Crippen molar-refractivity contribution >= 4 is 10.2 Å². The van der Waals surface area contributed by atoms with Gasteiger partial charge in [-0.2, -0.15) is 17.0 Å². The van der Waals surface area contributed by atoms with Crippen LogP contribution in [0.5, 0.6) is 0 Å². The normalized spacial score (nSPS) is 27.8. The predicted octanol–water partition coefficient (Wildman–Crippen LogP) is -0.590. The van der Waals surface area contributed by atoms with Gasteiger partial charge in [0.15, 0.2) is 0 Å². The molecule has 1 atom stereocenters. The molecular weight excluding hydrogens is 264 g/mol. The molecule has 2 rings (SSSR count). The molecule has 7 heteroatoms. The molecule has 112 valence electrons. The Balaban J connectivity index is 1.93. The molecule has 2 saturated heterocycles. The van der Waals surface area contributed by atoms with Crippen LogP contribution in [0.25, 0.3) is 0 Å². The summed E-state index contributed by atoms with van der Waals surface area (Å²) in [5.41, 5.74) is 0. The molecule has 6 nitrogen and oxygen atoms in total. The standard InChI is InChI=1S/C12H26N4O2S/c1-14-8-4-12(10-14)11-15(2)19(17,18)16-7-3-5-13-6-9-16/h12-13H,3-11H2,1-2H3. The van der Waals surface area contributed by atoms with Gasteiger partial charge in [-0.05, 0) is 38.9 Å². The molecule has 1 N–H and O–H groups in total. The van der Waals surface area contributed by atoms with Gasteiger partial charge in [-0.25, -0.2) is 0 Å². The van der Waals surface area contributed by atoms with E-state index in [2.05, 4.69) is 17.3 Å². The number of rotatable bonds is 4. The third kappa shape index (κ3) is 3.88. The molecular formula is C12H26N4O2S. The van der Waals surface area contributed by atoms with E-state index >= 15 is 0 Å². The molecule has 0 saturated carbocycles. The molecule has 2 fully saturated rings. The maximum Gasteiger partial charge on any atom is 0.281 e. The zero-order chi connectivity index (χ0) is 13.9. The second-order valence-electron chi connectivity index (χ2n) is 5.71. The lowest BCUT2D eigenvalue weighted by atomic mass is 10.1. The third-order valence-electron chi connectivity index (χ3n) is 4.02. The minimum Gasteiger partial charge on any atom is -0.315 e. The molecule has 2 aliphatic rings. The molecule has 0 amide bonds. The maximum absolute atomic E-state index is 12.5. The van der Waals surface area contributed by atoms with Crippen LogP contribution < -0.4 is 5.32 Å². The largest absolute Gasteiger partial charge is 0.315 e. The van der Waals surface area contributed by atoms with Crippen LogP contribution in [0.15, 0.2) is 0 Å². The lowest BCUT2D eigenvalue weighted by Crippen LogP contribution is -2.45. The number of nitrogens with one attached hydrogen (secondary N) is 1. The Morgan fingerprint density at radius 2 is 2.05 bits per heavy atom. The van der Waals surface area contributed by atoms with Crippen molar-refractivity contribution in [3.8, 4) is 0 Å². The Labute approximate surface area is 116 Å². The van der Waals surface area contributed by atoms with Gasteiger partial charge in [0.2, 0.25) is 0 Å². The highest BCUT2D eigenvalue weighted by Crippen LogP contribution is 2.18. The van der Waals surface area contributed by atoms with Gasteiger partial charge in [0, 0.05) is 39.8 Å². The first kappa shape index (κ1) is 15.2. The van der Waals surface area contributed by atoms with Crippen molar-refractivity contribution in [3.05, 3.63) is 0 Å². The molecule has 2 heterocycles. The van der Waals surface area contributed by atoms with Gasteiger partial charge in [0.05, 0.1) is 0 Å². The summed E-state index contributed by atoms with van der Waals surface area (Å²) >= 11 is 0. The maximum atomic E-state index is 12.5. The SMILES string of the molecule is CN1CCC(CN(C)S(=O)(=O)N2CCCNCC2)C1. The summed E-state index contributed by atoms with van der Waals surface area (Å²) in [6.45, 7) is 5.58. The molecule has 19 heavy (non-hydrogen) atoms. The zero-order valence-electron chi connectivity index (χ0n) is 12.0. The average Bonchev–Trinajstić information content (AvgIpc) is 2.63. The molecule has 0 spiro atoms. The molecule has 1 unspecified atom stereocenters. The first-order valence-electron chi connectivity index (χ1n) is 7.11. The van der Waals surface area contributed by atoms with Crippen molar-refractivity contribution in [3.63, 3.8) is 0 Å². The van der Waals surface area contributed by atoms with Crippen LogP contribution >= 0.6 is 0 Å².